The van der Waals surface area contributed by atoms with Gasteiger partial charge in [-0.25, -0.2) is 0 Å². The molecule has 0 saturated carbocycles. The zero-order chi connectivity index (χ0) is 12.7. The molecule has 102 valence electrons. The molecule has 1 rings (SSSR count). The fourth-order valence-corrected chi connectivity index (χ4v) is 3.20. The highest BCUT2D eigenvalue weighted by atomic mass is 16.5. The Morgan fingerprint density at radius 3 is 2.41 bits per heavy atom. The quantitative estimate of drug-likeness (QED) is 0.701. The van der Waals surface area contributed by atoms with Gasteiger partial charge >= 0.3 is 0 Å². The first-order valence-electron chi connectivity index (χ1n) is 7.61. The number of rotatable bonds is 8. The molecular formula is C15H31NO. The van der Waals surface area contributed by atoms with Crippen molar-refractivity contribution in [2.75, 3.05) is 13.2 Å². The van der Waals surface area contributed by atoms with Crippen LogP contribution in [0.15, 0.2) is 0 Å². The second-order valence-corrected chi connectivity index (χ2v) is 5.35. The molecule has 3 atom stereocenters. The highest BCUT2D eigenvalue weighted by molar-refractivity contribution is 4.86. The van der Waals surface area contributed by atoms with Crippen molar-refractivity contribution in [1.29, 1.82) is 0 Å². The fourth-order valence-electron chi connectivity index (χ4n) is 3.20. The molecule has 0 bridgehead atoms. The minimum absolute atomic E-state index is 0.494. The normalized spacial score (nSPS) is 26.6. The number of nitrogens with one attached hydrogen (secondary N) is 1. The summed E-state index contributed by atoms with van der Waals surface area (Å²) in [4.78, 5) is 0. The fraction of sp³-hybridized carbons (Fsp3) is 1.00. The van der Waals surface area contributed by atoms with Gasteiger partial charge < -0.3 is 10.1 Å². The second-order valence-electron chi connectivity index (χ2n) is 5.35. The maximum atomic E-state index is 5.85. The van der Waals surface area contributed by atoms with E-state index in [1.165, 1.54) is 25.7 Å². The standard InChI is InChI=1S/C15H31NO/c1-5-12(6-2)11-14(16-8-4)13-9-10-17-15(13)7-3/h12-16H,5-11H2,1-4H3. The van der Waals surface area contributed by atoms with Crippen LogP contribution in [-0.2, 0) is 4.74 Å². The van der Waals surface area contributed by atoms with Crippen LogP contribution in [0.1, 0.15) is 59.8 Å². The maximum absolute atomic E-state index is 5.85. The first-order valence-corrected chi connectivity index (χ1v) is 7.61. The van der Waals surface area contributed by atoms with Crippen LogP contribution in [0.4, 0.5) is 0 Å². The minimum atomic E-state index is 0.494. The monoisotopic (exact) mass is 241 g/mol. The zero-order valence-electron chi connectivity index (χ0n) is 12.2. The van der Waals surface area contributed by atoms with Gasteiger partial charge in [0.15, 0.2) is 0 Å². The summed E-state index contributed by atoms with van der Waals surface area (Å²) < 4.78 is 5.85. The average molecular weight is 241 g/mol. The lowest BCUT2D eigenvalue weighted by Crippen LogP contribution is -2.41. The van der Waals surface area contributed by atoms with Gasteiger partial charge in [0.1, 0.15) is 0 Å². The Kier molecular flexibility index (Phi) is 7.14. The molecule has 0 aromatic carbocycles. The predicted molar refractivity (Wildman–Crippen MR) is 74.3 cm³/mol. The third-order valence-corrected chi connectivity index (χ3v) is 4.39. The van der Waals surface area contributed by atoms with Crippen LogP contribution < -0.4 is 5.32 Å². The summed E-state index contributed by atoms with van der Waals surface area (Å²) in [6.45, 7) is 11.2. The van der Waals surface area contributed by atoms with E-state index in [9.17, 15) is 0 Å². The van der Waals surface area contributed by atoms with Crippen LogP contribution in [0.25, 0.3) is 0 Å². The molecule has 0 aliphatic carbocycles. The summed E-state index contributed by atoms with van der Waals surface area (Å²) >= 11 is 0. The minimum Gasteiger partial charge on any atom is -0.378 e. The van der Waals surface area contributed by atoms with Crippen molar-refractivity contribution in [1.82, 2.24) is 5.32 Å². The lowest BCUT2D eigenvalue weighted by Gasteiger charge is -2.30. The van der Waals surface area contributed by atoms with Crippen molar-refractivity contribution in [3.05, 3.63) is 0 Å². The largest absolute Gasteiger partial charge is 0.378 e. The number of hydrogen-bond donors (Lipinski definition) is 1. The maximum Gasteiger partial charge on any atom is 0.0616 e. The van der Waals surface area contributed by atoms with Crippen LogP contribution in [-0.4, -0.2) is 25.3 Å². The molecule has 0 aromatic heterocycles. The molecular weight excluding hydrogens is 210 g/mol. The summed E-state index contributed by atoms with van der Waals surface area (Å²) in [6, 6.07) is 0.664. The molecule has 17 heavy (non-hydrogen) atoms. The Morgan fingerprint density at radius 1 is 1.18 bits per heavy atom. The topological polar surface area (TPSA) is 21.3 Å². The number of hydrogen-bond acceptors (Lipinski definition) is 2. The molecule has 1 heterocycles. The molecule has 1 fully saturated rings. The molecule has 0 amide bonds. The Bertz CT molecular complexity index is 191. The summed E-state index contributed by atoms with van der Waals surface area (Å²) in [6.07, 6.45) is 6.84. The molecule has 2 heteroatoms. The third-order valence-electron chi connectivity index (χ3n) is 4.39. The predicted octanol–water partition coefficient (Wildman–Crippen LogP) is 3.61. The van der Waals surface area contributed by atoms with E-state index in [-0.39, 0.29) is 0 Å². The van der Waals surface area contributed by atoms with Crippen molar-refractivity contribution in [2.24, 2.45) is 11.8 Å². The summed E-state index contributed by atoms with van der Waals surface area (Å²) in [5.74, 6) is 1.61. The Balaban J connectivity index is 2.57. The van der Waals surface area contributed by atoms with E-state index in [0.29, 0.717) is 12.1 Å². The van der Waals surface area contributed by atoms with Gasteiger partial charge in [-0.1, -0.05) is 40.5 Å². The van der Waals surface area contributed by atoms with Gasteiger partial charge in [0.05, 0.1) is 6.10 Å². The lowest BCUT2D eigenvalue weighted by atomic mass is 9.83. The molecule has 1 N–H and O–H groups in total. The van der Waals surface area contributed by atoms with Crippen LogP contribution in [0, 0.1) is 11.8 Å². The van der Waals surface area contributed by atoms with E-state index in [1.54, 1.807) is 0 Å². The third kappa shape index (κ3) is 4.26. The van der Waals surface area contributed by atoms with E-state index in [4.69, 9.17) is 4.74 Å². The number of ether oxygens (including phenoxy) is 1. The van der Waals surface area contributed by atoms with Crippen LogP contribution in [0.3, 0.4) is 0 Å². The van der Waals surface area contributed by atoms with E-state index in [2.05, 4.69) is 33.0 Å². The zero-order valence-corrected chi connectivity index (χ0v) is 12.2. The van der Waals surface area contributed by atoms with Crippen molar-refractivity contribution in [3.8, 4) is 0 Å². The van der Waals surface area contributed by atoms with Gasteiger partial charge in [0, 0.05) is 18.6 Å². The SMILES string of the molecule is CCNC(CC(CC)CC)C1CCOC1CC. The van der Waals surface area contributed by atoms with Gasteiger partial charge in [0.2, 0.25) is 0 Å². The van der Waals surface area contributed by atoms with E-state index < -0.39 is 0 Å². The molecule has 0 aromatic rings. The van der Waals surface area contributed by atoms with Crippen LogP contribution in [0.2, 0.25) is 0 Å². The second kappa shape index (κ2) is 8.10. The molecule has 0 spiro atoms. The Morgan fingerprint density at radius 2 is 1.88 bits per heavy atom. The Labute approximate surface area is 108 Å². The van der Waals surface area contributed by atoms with Gasteiger partial charge in [0.25, 0.3) is 0 Å². The lowest BCUT2D eigenvalue weighted by molar-refractivity contribution is 0.0742. The van der Waals surface area contributed by atoms with Gasteiger partial charge in [-0.15, -0.1) is 0 Å². The van der Waals surface area contributed by atoms with Gasteiger partial charge in [-0.3, -0.25) is 0 Å². The molecule has 0 radical (unpaired) electrons. The first kappa shape index (κ1) is 15.0. The van der Waals surface area contributed by atoms with Gasteiger partial charge in [-0.05, 0) is 31.7 Å². The summed E-state index contributed by atoms with van der Waals surface area (Å²) in [5, 5.41) is 3.71. The highest BCUT2D eigenvalue weighted by Crippen LogP contribution is 2.30. The average Bonchev–Trinajstić information content (AvgIpc) is 2.82. The molecule has 1 aliphatic heterocycles. The highest BCUT2D eigenvalue weighted by Gasteiger charge is 2.33. The Hall–Kier alpha value is -0.0800. The van der Waals surface area contributed by atoms with Crippen LogP contribution in [0.5, 0.6) is 0 Å². The smallest absolute Gasteiger partial charge is 0.0616 e. The van der Waals surface area contributed by atoms with E-state index in [1.807, 2.05) is 0 Å². The first-order chi connectivity index (χ1) is 8.26. The van der Waals surface area contributed by atoms with E-state index >= 15 is 0 Å². The molecule has 3 unspecified atom stereocenters. The van der Waals surface area contributed by atoms with E-state index in [0.717, 1.165) is 31.4 Å². The summed E-state index contributed by atoms with van der Waals surface area (Å²) in [5.41, 5.74) is 0. The molecule has 1 aliphatic rings. The van der Waals surface area contributed by atoms with Crippen LogP contribution >= 0.6 is 0 Å². The van der Waals surface area contributed by atoms with Crippen molar-refractivity contribution in [2.45, 2.75) is 71.9 Å². The van der Waals surface area contributed by atoms with Gasteiger partial charge in [-0.2, -0.15) is 0 Å². The van der Waals surface area contributed by atoms with Crippen molar-refractivity contribution in [3.63, 3.8) is 0 Å². The van der Waals surface area contributed by atoms with Crippen molar-refractivity contribution < 1.29 is 4.74 Å². The summed E-state index contributed by atoms with van der Waals surface area (Å²) in [7, 11) is 0. The molecule has 1 saturated heterocycles. The van der Waals surface area contributed by atoms with Crippen molar-refractivity contribution >= 4 is 0 Å². The molecule has 2 nitrogen and oxygen atoms in total.